The van der Waals surface area contributed by atoms with Crippen LogP contribution in [0.4, 0.5) is 5.82 Å². The van der Waals surface area contributed by atoms with Crippen LogP contribution in [0.1, 0.15) is 36.5 Å². The number of aromatic nitrogens is 3. The van der Waals surface area contributed by atoms with Gasteiger partial charge in [-0.3, -0.25) is 4.21 Å². The van der Waals surface area contributed by atoms with E-state index in [9.17, 15) is 4.21 Å². The molecule has 0 aliphatic carbocycles. The SMILES string of the molecule is Cc1nc(N)c2c(C)c(C)n(C(C)CCS(C)=O)c2n1. The Morgan fingerprint density at radius 3 is 2.55 bits per heavy atom. The minimum Gasteiger partial charge on any atom is -0.383 e. The third kappa shape index (κ3) is 2.57. The lowest BCUT2D eigenvalue weighted by atomic mass is 10.2. The molecule has 0 saturated carbocycles. The third-order valence-electron chi connectivity index (χ3n) is 3.80. The summed E-state index contributed by atoms with van der Waals surface area (Å²) in [5.74, 6) is 1.91. The second kappa shape index (κ2) is 5.52. The Labute approximate surface area is 122 Å². The molecule has 2 atom stereocenters. The topological polar surface area (TPSA) is 73.8 Å². The van der Waals surface area contributed by atoms with Gasteiger partial charge in [0.25, 0.3) is 0 Å². The van der Waals surface area contributed by atoms with Gasteiger partial charge in [0, 0.05) is 34.5 Å². The molecule has 0 aromatic carbocycles. The second-order valence-corrected chi connectivity index (χ2v) is 6.90. The fourth-order valence-corrected chi connectivity index (χ4v) is 3.31. The molecule has 0 aliphatic rings. The summed E-state index contributed by atoms with van der Waals surface area (Å²) in [6.45, 7) is 8.11. The summed E-state index contributed by atoms with van der Waals surface area (Å²) < 4.78 is 13.5. The molecule has 2 aromatic heterocycles. The molecule has 20 heavy (non-hydrogen) atoms. The van der Waals surface area contributed by atoms with Crippen LogP contribution in [0.5, 0.6) is 0 Å². The lowest BCUT2D eigenvalue weighted by molar-refractivity contribution is 0.533. The van der Waals surface area contributed by atoms with Gasteiger partial charge in [-0.2, -0.15) is 0 Å². The van der Waals surface area contributed by atoms with E-state index in [4.69, 9.17) is 5.73 Å². The van der Waals surface area contributed by atoms with E-state index in [1.807, 2.05) is 13.8 Å². The summed E-state index contributed by atoms with van der Waals surface area (Å²) in [7, 11) is -0.773. The fraction of sp³-hybridized carbons (Fsp3) is 0.571. The first-order chi connectivity index (χ1) is 9.32. The zero-order chi connectivity index (χ0) is 15.0. The van der Waals surface area contributed by atoms with Gasteiger partial charge in [0.1, 0.15) is 17.3 Å². The van der Waals surface area contributed by atoms with E-state index in [1.165, 1.54) is 0 Å². The van der Waals surface area contributed by atoms with Crippen molar-refractivity contribution < 1.29 is 4.21 Å². The van der Waals surface area contributed by atoms with Crippen LogP contribution >= 0.6 is 0 Å². The number of anilines is 1. The molecule has 0 bridgehead atoms. The number of hydrogen-bond acceptors (Lipinski definition) is 4. The number of nitrogens with two attached hydrogens (primary N) is 1. The number of hydrogen-bond donors (Lipinski definition) is 1. The summed E-state index contributed by atoms with van der Waals surface area (Å²) in [5.41, 5.74) is 9.22. The lowest BCUT2D eigenvalue weighted by Crippen LogP contribution is -2.11. The monoisotopic (exact) mass is 294 g/mol. The molecular weight excluding hydrogens is 272 g/mol. The quantitative estimate of drug-likeness (QED) is 0.938. The molecule has 0 aliphatic heterocycles. The zero-order valence-corrected chi connectivity index (χ0v) is 13.5. The summed E-state index contributed by atoms with van der Waals surface area (Å²) in [6, 6.07) is 0.240. The first-order valence-corrected chi connectivity index (χ1v) is 8.46. The molecule has 2 aromatic rings. The smallest absolute Gasteiger partial charge is 0.146 e. The molecule has 2 unspecified atom stereocenters. The maximum absolute atomic E-state index is 11.3. The maximum atomic E-state index is 11.3. The number of nitrogens with zero attached hydrogens (tertiary/aromatic N) is 3. The highest BCUT2D eigenvalue weighted by atomic mass is 32.2. The third-order valence-corrected chi connectivity index (χ3v) is 4.61. The van der Waals surface area contributed by atoms with Crippen molar-refractivity contribution in [2.45, 2.75) is 40.2 Å². The molecule has 110 valence electrons. The Morgan fingerprint density at radius 1 is 1.30 bits per heavy atom. The summed E-state index contributed by atoms with van der Waals surface area (Å²) >= 11 is 0. The van der Waals surface area contributed by atoms with E-state index in [-0.39, 0.29) is 6.04 Å². The lowest BCUT2D eigenvalue weighted by Gasteiger charge is -2.16. The molecule has 0 fully saturated rings. The van der Waals surface area contributed by atoms with Gasteiger partial charge < -0.3 is 10.3 Å². The molecule has 0 saturated heterocycles. The van der Waals surface area contributed by atoms with Crippen molar-refractivity contribution in [1.29, 1.82) is 0 Å². The highest BCUT2D eigenvalue weighted by molar-refractivity contribution is 7.84. The Balaban J connectivity index is 2.58. The Bertz CT molecular complexity index is 678. The molecule has 0 spiro atoms. The number of rotatable bonds is 4. The predicted molar refractivity (Wildman–Crippen MR) is 84.4 cm³/mol. The van der Waals surface area contributed by atoms with Gasteiger partial charge in [0.05, 0.1) is 5.39 Å². The molecule has 6 heteroatoms. The van der Waals surface area contributed by atoms with E-state index in [1.54, 1.807) is 6.26 Å². The van der Waals surface area contributed by atoms with Crippen LogP contribution in [0.2, 0.25) is 0 Å². The molecular formula is C14H22N4OS. The van der Waals surface area contributed by atoms with Gasteiger partial charge in [-0.1, -0.05) is 0 Å². The molecule has 2 N–H and O–H groups in total. The van der Waals surface area contributed by atoms with Crippen molar-refractivity contribution in [3.8, 4) is 0 Å². The van der Waals surface area contributed by atoms with E-state index in [0.29, 0.717) is 17.4 Å². The van der Waals surface area contributed by atoms with Crippen molar-refractivity contribution in [3.05, 3.63) is 17.1 Å². The van der Waals surface area contributed by atoms with Crippen LogP contribution in [0.25, 0.3) is 11.0 Å². The van der Waals surface area contributed by atoms with E-state index in [0.717, 1.165) is 28.7 Å². The molecule has 5 nitrogen and oxygen atoms in total. The van der Waals surface area contributed by atoms with Crippen molar-refractivity contribution in [2.24, 2.45) is 0 Å². The van der Waals surface area contributed by atoms with Crippen molar-refractivity contribution in [2.75, 3.05) is 17.7 Å². The Kier molecular flexibility index (Phi) is 4.13. The number of nitrogen functional groups attached to an aromatic ring is 1. The summed E-state index contributed by atoms with van der Waals surface area (Å²) in [5, 5.41) is 0.942. The van der Waals surface area contributed by atoms with Crippen LogP contribution in [-0.4, -0.2) is 30.8 Å². The van der Waals surface area contributed by atoms with Crippen LogP contribution in [0, 0.1) is 20.8 Å². The molecule has 2 rings (SSSR count). The fourth-order valence-electron chi connectivity index (χ4n) is 2.64. The minimum atomic E-state index is -0.773. The first-order valence-electron chi connectivity index (χ1n) is 6.74. The molecule has 0 radical (unpaired) electrons. The predicted octanol–water partition coefficient (Wildman–Crippen LogP) is 2.27. The van der Waals surface area contributed by atoms with E-state index >= 15 is 0 Å². The normalized spacial score (nSPS) is 14.7. The van der Waals surface area contributed by atoms with Gasteiger partial charge in [0.2, 0.25) is 0 Å². The standard InChI is InChI=1S/C14H22N4OS/c1-8(6-7-20(5)19)18-10(3)9(2)12-13(15)16-11(4)17-14(12)18/h8H,6-7H2,1-5H3,(H2,15,16,17). The van der Waals surface area contributed by atoms with Gasteiger partial charge in [0.15, 0.2) is 0 Å². The minimum absolute atomic E-state index is 0.240. The van der Waals surface area contributed by atoms with Crippen LogP contribution < -0.4 is 5.73 Å². The molecule has 0 amide bonds. The van der Waals surface area contributed by atoms with Gasteiger partial charge in [-0.05, 0) is 39.7 Å². The highest BCUT2D eigenvalue weighted by Gasteiger charge is 2.19. The molecule has 2 heterocycles. The average molecular weight is 294 g/mol. The zero-order valence-electron chi connectivity index (χ0n) is 12.7. The first kappa shape index (κ1) is 15.0. The summed E-state index contributed by atoms with van der Waals surface area (Å²) in [4.78, 5) is 8.82. The Morgan fingerprint density at radius 2 is 1.95 bits per heavy atom. The largest absolute Gasteiger partial charge is 0.383 e. The average Bonchev–Trinajstić information content (AvgIpc) is 2.59. The van der Waals surface area contributed by atoms with Crippen molar-refractivity contribution in [1.82, 2.24) is 14.5 Å². The van der Waals surface area contributed by atoms with Gasteiger partial charge >= 0.3 is 0 Å². The summed E-state index contributed by atoms with van der Waals surface area (Å²) in [6.07, 6.45) is 2.60. The number of fused-ring (bicyclic) bond motifs is 1. The van der Waals surface area contributed by atoms with Gasteiger partial charge in [-0.25, -0.2) is 9.97 Å². The van der Waals surface area contributed by atoms with Gasteiger partial charge in [-0.15, -0.1) is 0 Å². The van der Waals surface area contributed by atoms with E-state index in [2.05, 4.69) is 28.4 Å². The number of aryl methyl sites for hydroxylation is 2. The second-order valence-electron chi connectivity index (χ2n) is 5.35. The van der Waals surface area contributed by atoms with Crippen molar-refractivity contribution in [3.63, 3.8) is 0 Å². The van der Waals surface area contributed by atoms with E-state index < -0.39 is 10.8 Å². The van der Waals surface area contributed by atoms with Crippen LogP contribution in [0.15, 0.2) is 0 Å². The highest BCUT2D eigenvalue weighted by Crippen LogP contribution is 2.31. The maximum Gasteiger partial charge on any atom is 0.146 e. The van der Waals surface area contributed by atoms with Crippen LogP contribution in [-0.2, 0) is 10.8 Å². The van der Waals surface area contributed by atoms with Crippen molar-refractivity contribution >= 4 is 27.7 Å². The van der Waals surface area contributed by atoms with Crippen LogP contribution in [0.3, 0.4) is 0 Å². The Hall–Kier alpha value is -1.43.